The molecule has 6 nitrogen and oxygen atoms in total. The molecule has 1 aromatic heterocycles. The number of likely N-dealkylation sites (tertiary alicyclic amines) is 1. The Morgan fingerprint density at radius 2 is 1.92 bits per heavy atom. The number of hydrogen-bond acceptors (Lipinski definition) is 3. The molecule has 0 saturated carbocycles. The van der Waals surface area contributed by atoms with E-state index in [1.807, 2.05) is 18.2 Å². The number of hydrogen-bond donors (Lipinski definition) is 2. The zero-order chi connectivity index (χ0) is 17.6. The van der Waals surface area contributed by atoms with Crippen molar-refractivity contribution in [2.75, 3.05) is 13.1 Å². The first-order valence-electron chi connectivity index (χ1n) is 8.24. The molecule has 1 aliphatic rings. The lowest BCUT2D eigenvalue weighted by molar-refractivity contribution is 0.0676. The van der Waals surface area contributed by atoms with Gasteiger partial charge >= 0.3 is 6.03 Å². The summed E-state index contributed by atoms with van der Waals surface area (Å²) in [6, 6.07) is 10.6. The number of nitrogens with one attached hydrogen (secondary N) is 2. The molecule has 2 N–H and O–H groups in total. The highest BCUT2D eigenvalue weighted by Gasteiger charge is 2.25. The average molecular weight is 362 g/mol. The summed E-state index contributed by atoms with van der Waals surface area (Å²) in [4.78, 5) is 26.0. The molecule has 1 saturated heterocycles. The van der Waals surface area contributed by atoms with E-state index < -0.39 is 0 Å². The maximum atomic E-state index is 12.2. The number of piperidine rings is 1. The number of urea groups is 1. The first kappa shape index (κ1) is 17.4. The van der Waals surface area contributed by atoms with Gasteiger partial charge in [-0.15, -0.1) is 0 Å². The maximum absolute atomic E-state index is 12.2. The van der Waals surface area contributed by atoms with Crippen LogP contribution in [0.1, 0.15) is 29.0 Å². The molecule has 0 unspecified atom stereocenters. The topological polar surface area (TPSA) is 74.6 Å². The summed E-state index contributed by atoms with van der Waals surface area (Å²) in [6.07, 6.45) is 2.92. The molecule has 0 spiro atoms. The molecule has 132 valence electrons. The summed E-state index contributed by atoms with van der Waals surface area (Å²) in [6.45, 7) is 1.56. The normalized spacial score (nSPS) is 15.0. The van der Waals surface area contributed by atoms with Gasteiger partial charge in [-0.25, -0.2) is 4.79 Å². The molecule has 0 radical (unpaired) electrons. The minimum Gasteiger partial charge on any atom is -0.459 e. The predicted molar refractivity (Wildman–Crippen MR) is 94.5 cm³/mol. The van der Waals surface area contributed by atoms with Crippen molar-refractivity contribution in [3.05, 3.63) is 59.0 Å². The number of amides is 3. The molecule has 2 aromatic rings. The van der Waals surface area contributed by atoms with Gasteiger partial charge in [0, 0.05) is 30.7 Å². The van der Waals surface area contributed by atoms with Gasteiger partial charge in [0.2, 0.25) is 0 Å². The quantitative estimate of drug-likeness (QED) is 0.879. The van der Waals surface area contributed by atoms with Crippen LogP contribution in [0.2, 0.25) is 5.02 Å². The molecule has 0 atom stereocenters. The van der Waals surface area contributed by atoms with E-state index in [4.69, 9.17) is 16.0 Å². The lowest BCUT2D eigenvalue weighted by Gasteiger charge is -2.31. The van der Waals surface area contributed by atoms with Gasteiger partial charge in [-0.05, 0) is 36.6 Å². The first-order chi connectivity index (χ1) is 12.1. The van der Waals surface area contributed by atoms with Crippen molar-refractivity contribution in [2.45, 2.75) is 25.4 Å². The third-order valence-corrected chi connectivity index (χ3v) is 4.62. The Balaban J connectivity index is 1.42. The third-order valence-electron chi connectivity index (χ3n) is 4.25. The third kappa shape index (κ3) is 4.54. The Labute approximate surface area is 151 Å². The van der Waals surface area contributed by atoms with Gasteiger partial charge < -0.3 is 20.0 Å². The number of carbonyl (C=O) groups is 2. The van der Waals surface area contributed by atoms with Crippen LogP contribution in [0.4, 0.5) is 4.79 Å². The molecular weight excluding hydrogens is 342 g/mol. The van der Waals surface area contributed by atoms with Crippen LogP contribution in [0, 0.1) is 0 Å². The molecule has 3 amide bonds. The largest absolute Gasteiger partial charge is 0.459 e. The van der Waals surface area contributed by atoms with Crippen LogP contribution in [-0.4, -0.2) is 36.0 Å². The van der Waals surface area contributed by atoms with Crippen LogP contribution < -0.4 is 10.6 Å². The minimum atomic E-state index is -0.226. The average Bonchev–Trinajstić information content (AvgIpc) is 3.16. The molecule has 2 heterocycles. The van der Waals surface area contributed by atoms with Crippen molar-refractivity contribution in [3.63, 3.8) is 0 Å². The van der Waals surface area contributed by atoms with Crippen LogP contribution in [0.15, 0.2) is 47.1 Å². The van der Waals surface area contributed by atoms with Gasteiger partial charge in [0.25, 0.3) is 5.91 Å². The van der Waals surface area contributed by atoms with E-state index in [1.165, 1.54) is 6.26 Å². The van der Waals surface area contributed by atoms with E-state index in [9.17, 15) is 9.59 Å². The number of halogens is 1. The van der Waals surface area contributed by atoms with Crippen LogP contribution in [0.3, 0.4) is 0 Å². The van der Waals surface area contributed by atoms with Crippen molar-refractivity contribution < 1.29 is 14.0 Å². The van der Waals surface area contributed by atoms with E-state index in [0.717, 1.165) is 5.56 Å². The Hall–Kier alpha value is -2.47. The second-order valence-corrected chi connectivity index (χ2v) is 6.37. The van der Waals surface area contributed by atoms with E-state index in [2.05, 4.69) is 10.6 Å². The summed E-state index contributed by atoms with van der Waals surface area (Å²) in [5, 5.41) is 6.39. The SMILES string of the molecule is O=C(NCc1ccccc1Cl)NC1CCN(C(=O)c2ccco2)CC1. The van der Waals surface area contributed by atoms with Gasteiger partial charge in [0.05, 0.1) is 6.26 Å². The van der Waals surface area contributed by atoms with Crippen molar-refractivity contribution in [2.24, 2.45) is 0 Å². The van der Waals surface area contributed by atoms with Gasteiger partial charge in [0.1, 0.15) is 0 Å². The van der Waals surface area contributed by atoms with Crippen molar-refractivity contribution in [3.8, 4) is 0 Å². The highest BCUT2D eigenvalue weighted by Crippen LogP contribution is 2.15. The van der Waals surface area contributed by atoms with Crippen LogP contribution in [0.25, 0.3) is 0 Å². The fourth-order valence-corrected chi connectivity index (χ4v) is 3.04. The minimum absolute atomic E-state index is 0.0481. The summed E-state index contributed by atoms with van der Waals surface area (Å²) >= 11 is 6.07. The predicted octanol–water partition coefficient (Wildman–Crippen LogP) is 3.04. The standard InChI is InChI=1S/C18H20ClN3O3/c19-15-5-2-1-4-13(15)12-20-18(24)21-14-7-9-22(10-8-14)17(23)16-6-3-11-25-16/h1-6,11,14H,7-10,12H2,(H2,20,21,24). The van der Waals surface area contributed by atoms with E-state index in [0.29, 0.717) is 43.3 Å². The van der Waals surface area contributed by atoms with Crippen molar-refractivity contribution >= 4 is 23.5 Å². The number of rotatable bonds is 4. The zero-order valence-electron chi connectivity index (χ0n) is 13.7. The Kier molecular flexibility index (Phi) is 5.60. The van der Waals surface area contributed by atoms with E-state index in [-0.39, 0.29) is 18.0 Å². The second kappa shape index (κ2) is 8.07. The van der Waals surface area contributed by atoms with Crippen LogP contribution in [0.5, 0.6) is 0 Å². The Morgan fingerprint density at radius 1 is 1.16 bits per heavy atom. The summed E-state index contributed by atoms with van der Waals surface area (Å²) < 4.78 is 5.14. The summed E-state index contributed by atoms with van der Waals surface area (Å²) in [7, 11) is 0. The molecule has 0 bridgehead atoms. The molecule has 1 aliphatic heterocycles. The molecule has 1 aromatic carbocycles. The van der Waals surface area contributed by atoms with E-state index >= 15 is 0 Å². The molecule has 0 aliphatic carbocycles. The smallest absolute Gasteiger partial charge is 0.315 e. The zero-order valence-corrected chi connectivity index (χ0v) is 14.5. The van der Waals surface area contributed by atoms with Crippen LogP contribution >= 0.6 is 11.6 Å². The molecule has 7 heteroatoms. The molecule has 3 rings (SSSR count). The van der Waals surface area contributed by atoms with Gasteiger partial charge in [-0.1, -0.05) is 29.8 Å². The number of furan rings is 1. The summed E-state index contributed by atoms with van der Waals surface area (Å²) in [5.74, 6) is 0.246. The second-order valence-electron chi connectivity index (χ2n) is 5.96. The van der Waals surface area contributed by atoms with E-state index in [1.54, 1.807) is 23.1 Å². The fraction of sp³-hybridized carbons (Fsp3) is 0.333. The molecule has 25 heavy (non-hydrogen) atoms. The maximum Gasteiger partial charge on any atom is 0.315 e. The summed E-state index contributed by atoms with van der Waals surface area (Å²) in [5.41, 5.74) is 0.873. The van der Waals surface area contributed by atoms with Crippen LogP contribution in [-0.2, 0) is 6.54 Å². The van der Waals surface area contributed by atoms with Crippen molar-refractivity contribution in [1.29, 1.82) is 0 Å². The Bertz CT molecular complexity index is 725. The molecule has 1 fully saturated rings. The first-order valence-corrected chi connectivity index (χ1v) is 8.62. The lowest BCUT2D eigenvalue weighted by atomic mass is 10.0. The number of nitrogens with zero attached hydrogens (tertiary/aromatic N) is 1. The highest BCUT2D eigenvalue weighted by atomic mass is 35.5. The Morgan fingerprint density at radius 3 is 2.60 bits per heavy atom. The number of benzene rings is 1. The highest BCUT2D eigenvalue weighted by molar-refractivity contribution is 6.31. The number of carbonyl (C=O) groups excluding carboxylic acids is 2. The van der Waals surface area contributed by atoms with Gasteiger partial charge in [-0.2, -0.15) is 0 Å². The lowest BCUT2D eigenvalue weighted by Crippen LogP contribution is -2.49. The van der Waals surface area contributed by atoms with Gasteiger partial charge in [-0.3, -0.25) is 4.79 Å². The van der Waals surface area contributed by atoms with Crippen molar-refractivity contribution in [1.82, 2.24) is 15.5 Å². The van der Waals surface area contributed by atoms with Gasteiger partial charge in [0.15, 0.2) is 5.76 Å². The molecular formula is C18H20ClN3O3. The monoisotopic (exact) mass is 361 g/mol. The fourth-order valence-electron chi connectivity index (χ4n) is 2.84.